The van der Waals surface area contributed by atoms with E-state index in [4.69, 9.17) is 16.3 Å². The van der Waals surface area contributed by atoms with Crippen LogP contribution in [0.3, 0.4) is 0 Å². The molecule has 0 saturated carbocycles. The Kier molecular flexibility index (Phi) is 8.61. The Morgan fingerprint density at radius 1 is 0.707 bits per heavy atom. The van der Waals surface area contributed by atoms with Gasteiger partial charge >= 0.3 is 0 Å². The number of ether oxygens (including phenoxy) is 1. The summed E-state index contributed by atoms with van der Waals surface area (Å²) in [5.74, 6) is 1.29. The number of anilines is 3. The fourth-order valence-electron chi connectivity index (χ4n) is 4.75. The quantitative estimate of drug-likeness (QED) is 0.179. The normalized spacial score (nSPS) is 11.2. The Balaban J connectivity index is 1.57. The molecule has 0 fully saturated rings. The summed E-state index contributed by atoms with van der Waals surface area (Å²) in [6.07, 6.45) is 1.72. The summed E-state index contributed by atoms with van der Waals surface area (Å²) in [7, 11) is 2.11. The third-order valence-electron chi connectivity index (χ3n) is 7.06. The molecule has 0 unspecified atom stereocenters. The van der Waals surface area contributed by atoms with Crippen molar-refractivity contribution in [3.05, 3.63) is 143 Å². The Morgan fingerprint density at radius 2 is 1.29 bits per heavy atom. The van der Waals surface area contributed by atoms with Crippen LogP contribution in [0.2, 0.25) is 5.02 Å². The van der Waals surface area contributed by atoms with Crippen LogP contribution in [0.15, 0.2) is 121 Å². The molecule has 0 N–H and O–H groups in total. The van der Waals surface area contributed by atoms with Crippen LogP contribution in [-0.4, -0.2) is 12.0 Å². The summed E-state index contributed by atoms with van der Waals surface area (Å²) < 4.78 is 5.97. The highest BCUT2D eigenvalue weighted by Crippen LogP contribution is 2.43. The summed E-state index contributed by atoms with van der Waals surface area (Å²) in [5.41, 5.74) is 6.57. The van der Waals surface area contributed by atoms with E-state index in [-0.39, 0.29) is 5.41 Å². The first kappa shape index (κ1) is 28.3. The van der Waals surface area contributed by atoms with Crippen molar-refractivity contribution in [2.75, 3.05) is 16.8 Å². The molecule has 0 saturated heterocycles. The Bertz CT molecular complexity index is 1550. The molecule has 5 aromatic rings. The smallest absolute Gasteiger partial charge is 0.219 e. The van der Waals surface area contributed by atoms with Gasteiger partial charge in [0.2, 0.25) is 5.88 Å². The van der Waals surface area contributed by atoms with Crippen LogP contribution in [0.4, 0.5) is 17.1 Å². The van der Waals surface area contributed by atoms with Gasteiger partial charge in [-0.3, -0.25) is 0 Å². The summed E-state index contributed by atoms with van der Waals surface area (Å²) in [6, 6.07) is 39.2. The van der Waals surface area contributed by atoms with E-state index in [2.05, 4.69) is 115 Å². The second-order valence-corrected chi connectivity index (χ2v) is 11.6. The van der Waals surface area contributed by atoms with E-state index in [1.807, 2.05) is 42.5 Å². The molecule has 0 amide bonds. The number of nitrogens with zero attached hydrogens (tertiary/aromatic N) is 3. The molecule has 4 nitrogen and oxygen atoms in total. The van der Waals surface area contributed by atoms with Crippen molar-refractivity contribution < 1.29 is 4.74 Å². The van der Waals surface area contributed by atoms with Gasteiger partial charge in [0.15, 0.2) is 0 Å². The topological polar surface area (TPSA) is 28.6 Å². The molecule has 0 aliphatic carbocycles. The molecule has 1 aromatic heterocycles. The molecule has 0 aliphatic heterocycles. The summed E-state index contributed by atoms with van der Waals surface area (Å²) >= 11 is 7.33. The van der Waals surface area contributed by atoms with Gasteiger partial charge in [0, 0.05) is 38.1 Å². The minimum Gasteiger partial charge on any atom is -0.439 e. The minimum atomic E-state index is -0.0690. The Labute approximate surface area is 248 Å². The van der Waals surface area contributed by atoms with Crippen molar-refractivity contribution in [1.82, 2.24) is 4.98 Å². The second-order valence-electron chi connectivity index (χ2n) is 11.3. The molecule has 0 bridgehead atoms. The van der Waals surface area contributed by atoms with Crippen molar-refractivity contribution in [3.63, 3.8) is 0 Å². The minimum absolute atomic E-state index is 0.0690. The number of hydrogen-bond acceptors (Lipinski definition) is 4. The van der Waals surface area contributed by atoms with Crippen LogP contribution in [0, 0.1) is 0 Å². The van der Waals surface area contributed by atoms with E-state index in [0.717, 1.165) is 34.4 Å². The highest BCUT2D eigenvalue weighted by atomic mass is 35.5. The van der Waals surface area contributed by atoms with Gasteiger partial charge in [-0.25, -0.2) is 4.98 Å². The highest BCUT2D eigenvalue weighted by molar-refractivity contribution is 6.36. The van der Waals surface area contributed by atoms with Crippen molar-refractivity contribution >= 4 is 28.7 Å². The van der Waals surface area contributed by atoms with Gasteiger partial charge in [-0.2, -0.15) is 0 Å². The lowest BCUT2D eigenvalue weighted by Crippen LogP contribution is -2.22. The SMILES string of the molecule is CN(Cc1ccccc1)c1cc(C(C)(C)C)cc(N(Cc2ccccc2)c2ccc(Oc3ccccn3)cc2)c1Cl. The molecule has 0 spiro atoms. The molecule has 5 heteroatoms. The van der Waals surface area contributed by atoms with Crippen molar-refractivity contribution in [2.45, 2.75) is 39.3 Å². The van der Waals surface area contributed by atoms with Crippen LogP contribution in [0.5, 0.6) is 11.6 Å². The van der Waals surface area contributed by atoms with Crippen molar-refractivity contribution in [1.29, 1.82) is 0 Å². The van der Waals surface area contributed by atoms with E-state index >= 15 is 0 Å². The van der Waals surface area contributed by atoms with E-state index in [1.54, 1.807) is 6.20 Å². The summed E-state index contributed by atoms with van der Waals surface area (Å²) in [4.78, 5) is 8.81. The average Bonchev–Trinajstić information content (AvgIpc) is 2.98. The molecule has 0 atom stereocenters. The zero-order chi connectivity index (χ0) is 28.8. The third kappa shape index (κ3) is 7.08. The average molecular weight is 562 g/mol. The molecule has 0 radical (unpaired) electrons. The fourth-order valence-corrected chi connectivity index (χ4v) is 5.10. The molecule has 5 rings (SSSR count). The number of pyridine rings is 1. The van der Waals surface area contributed by atoms with Gasteiger partial charge in [-0.05, 0) is 64.6 Å². The van der Waals surface area contributed by atoms with Crippen molar-refractivity contribution in [2.24, 2.45) is 0 Å². The number of rotatable bonds is 9. The molecule has 4 aromatic carbocycles. The number of benzene rings is 4. The summed E-state index contributed by atoms with van der Waals surface area (Å²) in [5, 5.41) is 0.723. The van der Waals surface area contributed by atoms with Crippen LogP contribution >= 0.6 is 11.6 Å². The lowest BCUT2D eigenvalue weighted by molar-refractivity contribution is 0.463. The van der Waals surface area contributed by atoms with Gasteiger partial charge in [0.1, 0.15) is 5.75 Å². The van der Waals surface area contributed by atoms with Crippen LogP contribution in [-0.2, 0) is 18.5 Å². The standard InChI is InChI=1S/C36H36ClN3O/c1-36(2,3)29-23-32(39(4)25-27-13-7-5-8-14-27)35(37)33(24-29)40(26-28-15-9-6-10-16-28)30-18-20-31(21-19-30)41-34-17-11-12-22-38-34/h5-24H,25-26H2,1-4H3. The predicted molar refractivity (Wildman–Crippen MR) is 172 cm³/mol. The third-order valence-corrected chi connectivity index (χ3v) is 7.44. The van der Waals surface area contributed by atoms with Crippen LogP contribution in [0.1, 0.15) is 37.5 Å². The second kappa shape index (κ2) is 12.5. The first-order chi connectivity index (χ1) is 19.8. The molecule has 41 heavy (non-hydrogen) atoms. The zero-order valence-corrected chi connectivity index (χ0v) is 24.8. The summed E-state index contributed by atoms with van der Waals surface area (Å²) in [6.45, 7) is 8.15. The Hall–Kier alpha value is -4.28. The highest BCUT2D eigenvalue weighted by Gasteiger charge is 2.24. The number of aromatic nitrogens is 1. The maximum absolute atomic E-state index is 7.33. The van der Waals surface area contributed by atoms with Gasteiger partial charge in [-0.15, -0.1) is 0 Å². The lowest BCUT2D eigenvalue weighted by atomic mass is 9.86. The fraction of sp³-hybridized carbons (Fsp3) is 0.194. The maximum atomic E-state index is 7.33. The van der Waals surface area contributed by atoms with E-state index < -0.39 is 0 Å². The molecule has 208 valence electrons. The molecule has 0 aliphatic rings. The molecular weight excluding hydrogens is 526 g/mol. The first-order valence-corrected chi connectivity index (χ1v) is 14.3. The van der Waals surface area contributed by atoms with Crippen LogP contribution in [0.25, 0.3) is 0 Å². The first-order valence-electron chi connectivity index (χ1n) is 13.9. The van der Waals surface area contributed by atoms with Gasteiger partial charge in [0.25, 0.3) is 0 Å². The maximum Gasteiger partial charge on any atom is 0.219 e. The largest absolute Gasteiger partial charge is 0.439 e. The van der Waals surface area contributed by atoms with Gasteiger partial charge in [-0.1, -0.05) is 99.1 Å². The van der Waals surface area contributed by atoms with Crippen LogP contribution < -0.4 is 14.5 Å². The Morgan fingerprint density at radius 3 is 1.88 bits per heavy atom. The van der Waals surface area contributed by atoms with E-state index in [0.29, 0.717) is 12.4 Å². The molecular formula is C36H36ClN3O. The number of halogens is 1. The lowest BCUT2D eigenvalue weighted by Gasteiger charge is -2.32. The monoisotopic (exact) mass is 561 g/mol. The van der Waals surface area contributed by atoms with E-state index in [1.165, 1.54) is 16.7 Å². The van der Waals surface area contributed by atoms with E-state index in [9.17, 15) is 0 Å². The molecule has 1 heterocycles. The number of hydrogen-bond donors (Lipinski definition) is 0. The van der Waals surface area contributed by atoms with Crippen molar-refractivity contribution in [3.8, 4) is 11.6 Å². The zero-order valence-electron chi connectivity index (χ0n) is 24.1. The van der Waals surface area contributed by atoms with Gasteiger partial charge in [0.05, 0.1) is 16.4 Å². The predicted octanol–water partition coefficient (Wildman–Crippen LogP) is 9.80. The van der Waals surface area contributed by atoms with Gasteiger partial charge < -0.3 is 14.5 Å².